The maximum absolute atomic E-state index is 13.4. The molecule has 6 nitrogen and oxygen atoms in total. The van der Waals surface area contributed by atoms with Crippen molar-refractivity contribution in [1.29, 1.82) is 0 Å². The van der Waals surface area contributed by atoms with Gasteiger partial charge in [-0.2, -0.15) is 0 Å². The molecule has 1 unspecified atom stereocenters. The van der Waals surface area contributed by atoms with E-state index in [0.29, 0.717) is 22.7 Å². The average Bonchev–Trinajstić information content (AvgIpc) is 3.08. The number of aliphatic hydroxyl groups excluding tert-OH is 1. The first-order chi connectivity index (χ1) is 16.5. The Hall–Kier alpha value is -3.93. The van der Waals surface area contributed by atoms with Gasteiger partial charge in [0.2, 0.25) is 0 Å². The number of Topliss-reactive ketones (excluding diaryl/α,β-unsaturated/α-hetero) is 1. The maximum atomic E-state index is 13.4. The number of aryl methyl sites for hydroxylation is 2. The molecule has 1 fully saturated rings. The predicted molar refractivity (Wildman–Crippen MR) is 137 cm³/mol. The lowest BCUT2D eigenvalue weighted by molar-refractivity contribution is -0.132. The topological polar surface area (TPSA) is 79.7 Å². The summed E-state index contributed by atoms with van der Waals surface area (Å²) in [6.07, 6.45) is 1.61. The molecule has 0 spiro atoms. The molecular formula is C29H30N2O4. The van der Waals surface area contributed by atoms with Crippen molar-refractivity contribution in [1.82, 2.24) is 4.98 Å². The molecular weight excluding hydrogens is 440 g/mol. The average molecular weight is 471 g/mol. The summed E-state index contributed by atoms with van der Waals surface area (Å²) in [5.74, 6) is -1.31. The second kappa shape index (κ2) is 9.02. The molecule has 1 aromatic heterocycles. The molecule has 1 saturated heterocycles. The number of rotatable bonds is 4. The fraction of sp³-hybridized carbons (Fsp3) is 0.276. The van der Waals surface area contributed by atoms with Gasteiger partial charge in [-0.15, -0.1) is 0 Å². The van der Waals surface area contributed by atoms with Crippen molar-refractivity contribution in [3.63, 3.8) is 0 Å². The fourth-order valence-electron chi connectivity index (χ4n) is 4.58. The van der Waals surface area contributed by atoms with Gasteiger partial charge in [0.25, 0.3) is 11.7 Å². The van der Waals surface area contributed by atoms with Crippen LogP contribution in [0, 0.1) is 13.8 Å². The molecule has 1 aliphatic rings. The quantitative estimate of drug-likeness (QED) is 0.304. The Morgan fingerprint density at radius 1 is 1.03 bits per heavy atom. The molecule has 6 heteroatoms. The van der Waals surface area contributed by atoms with E-state index >= 15 is 0 Å². The monoisotopic (exact) mass is 470 g/mol. The normalized spacial score (nSPS) is 17.7. The van der Waals surface area contributed by atoms with Crippen molar-refractivity contribution in [2.24, 2.45) is 0 Å². The smallest absolute Gasteiger partial charge is 0.300 e. The molecule has 0 radical (unpaired) electrons. The van der Waals surface area contributed by atoms with Gasteiger partial charge in [-0.3, -0.25) is 19.5 Å². The van der Waals surface area contributed by atoms with Crippen LogP contribution >= 0.6 is 0 Å². The first kappa shape index (κ1) is 24.2. The second-order valence-corrected chi connectivity index (χ2v) is 9.88. The summed E-state index contributed by atoms with van der Waals surface area (Å²) >= 11 is 0. The number of methoxy groups -OCH3 is 1. The van der Waals surface area contributed by atoms with Crippen LogP contribution in [0.5, 0.6) is 5.75 Å². The van der Waals surface area contributed by atoms with E-state index in [9.17, 15) is 14.7 Å². The van der Waals surface area contributed by atoms with E-state index in [0.717, 1.165) is 16.7 Å². The molecule has 35 heavy (non-hydrogen) atoms. The molecule has 2 aromatic carbocycles. The molecule has 0 bridgehead atoms. The van der Waals surface area contributed by atoms with Gasteiger partial charge in [-0.1, -0.05) is 45.0 Å². The Balaban J connectivity index is 1.95. The number of aliphatic hydroxyl groups is 1. The highest BCUT2D eigenvalue weighted by atomic mass is 16.5. The summed E-state index contributed by atoms with van der Waals surface area (Å²) < 4.78 is 5.55. The fourth-order valence-corrected chi connectivity index (χ4v) is 4.58. The Bertz CT molecular complexity index is 1320. The van der Waals surface area contributed by atoms with Crippen LogP contribution < -0.4 is 9.64 Å². The Morgan fingerprint density at radius 2 is 1.71 bits per heavy atom. The van der Waals surface area contributed by atoms with Crippen LogP contribution in [0.1, 0.15) is 54.8 Å². The highest BCUT2D eigenvalue weighted by Crippen LogP contribution is 2.43. The first-order valence-corrected chi connectivity index (χ1v) is 11.5. The number of benzene rings is 2. The first-order valence-electron chi connectivity index (χ1n) is 11.5. The van der Waals surface area contributed by atoms with Gasteiger partial charge in [0.1, 0.15) is 17.6 Å². The van der Waals surface area contributed by atoms with Crippen LogP contribution in [0.4, 0.5) is 5.69 Å². The lowest BCUT2D eigenvalue weighted by Gasteiger charge is -2.26. The summed E-state index contributed by atoms with van der Waals surface area (Å²) in [5, 5.41) is 11.5. The van der Waals surface area contributed by atoms with Crippen molar-refractivity contribution in [3.05, 3.63) is 94.3 Å². The number of ether oxygens (including phenoxy) is 1. The molecule has 0 aliphatic carbocycles. The van der Waals surface area contributed by atoms with Gasteiger partial charge in [0.05, 0.1) is 23.9 Å². The zero-order chi connectivity index (χ0) is 25.5. The lowest BCUT2D eigenvalue weighted by atomic mass is 9.87. The van der Waals surface area contributed by atoms with Gasteiger partial charge in [-0.25, -0.2) is 0 Å². The number of ketones is 1. The summed E-state index contributed by atoms with van der Waals surface area (Å²) in [5.41, 5.74) is 4.14. The van der Waals surface area contributed by atoms with E-state index in [2.05, 4.69) is 25.8 Å². The van der Waals surface area contributed by atoms with Crippen molar-refractivity contribution >= 4 is 23.1 Å². The Kier molecular flexibility index (Phi) is 6.24. The SMILES string of the molecule is COc1c(C)cc(C)cc1/C(O)=C1\C(=O)C(=O)N(c2ccc(C(C)(C)C)cc2)C1c1ccccn1. The van der Waals surface area contributed by atoms with Crippen LogP contribution in [0.25, 0.3) is 5.76 Å². The van der Waals surface area contributed by atoms with Gasteiger partial charge >= 0.3 is 0 Å². The minimum absolute atomic E-state index is 0.0168. The van der Waals surface area contributed by atoms with E-state index in [1.807, 2.05) is 44.2 Å². The van der Waals surface area contributed by atoms with Gasteiger partial charge in [0, 0.05) is 11.9 Å². The predicted octanol–water partition coefficient (Wildman–Crippen LogP) is 5.63. The molecule has 1 amide bonds. The zero-order valence-corrected chi connectivity index (χ0v) is 20.9. The highest BCUT2D eigenvalue weighted by Gasteiger charge is 2.48. The second-order valence-electron chi connectivity index (χ2n) is 9.88. The maximum Gasteiger partial charge on any atom is 0.300 e. The van der Waals surface area contributed by atoms with E-state index in [1.54, 1.807) is 30.5 Å². The molecule has 3 aromatic rings. The van der Waals surface area contributed by atoms with E-state index in [4.69, 9.17) is 4.74 Å². The van der Waals surface area contributed by atoms with Crippen LogP contribution in [0.3, 0.4) is 0 Å². The lowest BCUT2D eigenvalue weighted by Crippen LogP contribution is -2.30. The summed E-state index contributed by atoms with van der Waals surface area (Å²) in [4.78, 5) is 32.6. The van der Waals surface area contributed by atoms with Gasteiger partial charge < -0.3 is 9.84 Å². The van der Waals surface area contributed by atoms with E-state index < -0.39 is 17.7 Å². The van der Waals surface area contributed by atoms with Crippen molar-refractivity contribution in [3.8, 4) is 5.75 Å². The Labute approximate surface area is 205 Å². The molecule has 0 saturated carbocycles. The molecule has 4 rings (SSSR count). The molecule has 1 aliphatic heterocycles. The van der Waals surface area contributed by atoms with Crippen molar-refractivity contribution < 1.29 is 19.4 Å². The number of amides is 1. The zero-order valence-electron chi connectivity index (χ0n) is 20.9. The van der Waals surface area contributed by atoms with E-state index in [-0.39, 0.29) is 16.7 Å². The third-order valence-electron chi connectivity index (χ3n) is 6.30. The number of nitrogens with zero attached hydrogens (tertiary/aromatic N) is 2. The van der Waals surface area contributed by atoms with E-state index in [1.165, 1.54) is 12.0 Å². The van der Waals surface area contributed by atoms with Crippen LogP contribution in [-0.2, 0) is 15.0 Å². The minimum Gasteiger partial charge on any atom is -0.507 e. The molecule has 2 heterocycles. The number of carbonyl (C=O) groups is 2. The number of aromatic nitrogens is 1. The van der Waals surface area contributed by atoms with Crippen molar-refractivity contribution in [2.45, 2.75) is 46.1 Å². The minimum atomic E-state index is -0.887. The molecule has 1 N–H and O–H groups in total. The third kappa shape index (κ3) is 4.32. The van der Waals surface area contributed by atoms with Gasteiger partial charge in [0.15, 0.2) is 0 Å². The summed E-state index contributed by atoms with van der Waals surface area (Å²) in [6, 6.07) is 15.7. The summed E-state index contributed by atoms with van der Waals surface area (Å²) in [7, 11) is 1.51. The summed E-state index contributed by atoms with van der Waals surface area (Å²) in [6.45, 7) is 10.1. The largest absolute Gasteiger partial charge is 0.507 e. The standard InChI is InChI=1S/C29H30N2O4/c1-17-15-18(2)27(35-6)21(16-17)25(32)23-24(22-9-7-8-14-30-22)31(28(34)26(23)33)20-12-10-19(11-13-20)29(3,4)5/h7-16,24,32H,1-6H3/b25-23+. The number of hydrogen-bond donors (Lipinski definition) is 1. The molecule has 180 valence electrons. The number of pyridine rings is 1. The van der Waals surface area contributed by atoms with Crippen LogP contribution in [0.15, 0.2) is 66.4 Å². The number of hydrogen-bond acceptors (Lipinski definition) is 5. The molecule has 1 atom stereocenters. The van der Waals surface area contributed by atoms with Crippen LogP contribution in [-0.4, -0.2) is 28.9 Å². The number of carbonyl (C=O) groups excluding carboxylic acids is 2. The van der Waals surface area contributed by atoms with Gasteiger partial charge in [-0.05, 0) is 66.3 Å². The Morgan fingerprint density at radius 3 is 2.29 bits per heavy atom. The van der Waals surface area contributed by atoms with Crippen molar-refractivity contribution in [2.75, 3.05) is 12.0 Å². The highest BCUT2D eigenvalue weighted by molar-refractivity contribution is 6.51. The van der Waals surface area contributed by atoms with Crippen LogP contribution in [0.2, 0.25) is 0 Å². The number of anilines is 1. The third-order valence-corrected chi connectivity index (χ3v) is 6.30.